The monoisotopic (exact) mass is 457 g/mol. The van der Waals surface area contributed by atoms with Gasteiger partial charge in [0.15, 0.2) is 11.5 Å². The number of halogens is 1. The quantitative estimate of drug-likeness (QED) is 0.735. The van der Waals surface area contributed by atoms with Gasteiger partial charge in [-0.3, -0.25) is 14.9 Å². The number of rotatable bonds is 4. The molecule has 0 radical (unpaired) electrons. The molecule has 1 spiro atoms. The normalized spacial score (nSPS) is 21.0. The van der Waals surface area contributed by atoms with Crippen LogP contribution in [0.15, 0.2) is 42.5 Å². The molecule has 5 rings (SSSR count). The second-order valence-electron chi connectivity index (χ2n) is 8.21. The number of amides is 2. The van der Waals surface area contributed by atoms with E-state index in [2.05, 4.69) is 10.6 Å². The first-order chi connectivity index (χ1) is 15.5. The molecule has 0 aromatic heterocycles. The van der Waals surface area contributed by atoms with Crippen molar-refractivity contribution >= 4 is 23.6 Å². The summed E-state index contributed by atoms with van der Waals surface area (Å²) < 4.78 is 23.8. The molecule has 2 aromatic carbocycles. The molecule has 3 heterocycles. The number of carbonyl (C=O) groups excluding carboxylic acids is 2. The highest BCUT2D eigenvalue weighted by atomic mass is 32.2. The van der Waals surface area contributed by atoms with E-state index in [1.165, 1.54) is 24.3 Å². The summed E-state index contributed by atoms with van der Waals surface area (Å²) in [5.74, 6) is 1.65. The summed E-state index contributed by atoms with van der Waals surface area (Å²) in [6, 6.07) is 11.0. The van der Waals surface area contributed by atoms with Crippen LogP contribution in [0.1, 0.15) is 28.8 Å². The van der Waals surface area contributed by atoms with Crippen LogP contribution < -0.4 is 20.1 Å². The molecule has 0 aliphatic carbocycles. The first-order valence-electron chi connectivity index (χ1n) is 10.6. The Bertz CT molecular complexity index is 1020. The first kappa shape index (κ1) is 21.1. The molecule has 3 aliphatic heterocycles. The number of likely N-dealkylation sites (tertiary alicyclic amines) is 1. The Kier molecular flexibility index (Phi) is 5.69. The van der Waals surface area contributed by atoms with Crippen molar-refractivity contribution in [3.05, 3.63) is 59.4 Å². The third kappa shape index (κ3) is 4.27. The molecule has 32 heavy (non-hydrogen) atoms. The van der Waals surface area contributed by atoms with Gasteiger partial charge >= 0.3 is 0 Å². The van der Waals surface area contributed by atoms with E-state index in [-0.39, 0.29) is 35.3 Å². The lowest BCUT2D eigenvalue weighted by Gasteiger charge is -2.39. The van der Waals surface area contributed by atoms with E-state index in [1.807, 2.05) is 18.2 Å². The number of carbonyl (C=O) groups is 2. The first-order valence-corrected chi connectivity index (χ1v) is 11.6. The van der Waals surface area contributed by atoms with Gasteiger partial charge in [-0.1, -0.05) is 6.07 Å². The van der Waals surface area contributed by atoms with Gasteiger partial charge in [0.05, 0.1) is 10.9 Å². The second kappa shape index (κ2) is 8.63. The van der Waals surface area contributed by atoms with Crippen molar-refractivity contribution < 1.29 is 23.5 Å². The maximum Gasteiger partial charge on any atom is 0.253 e. The fraction of sp³-hybridized carbons (Fsp3) is 0.391. The SMILES string of the molecule is O=C(NCc1ccc2c(c1)OCO2)C1CSC2(CCN(C(=O)c3ccc(F)cc3)CC2)N1. The van der Waals surface area contributed by atoms with Gasteiger partial charge in [0, 0.05) is 31.0 Å². The summed E-state index contributed by atoms with van der Waals surface area (Å²) in [5.41, 5.74) is 1.45. The molecule has 1 atom stereocenters. The van der Waals surface area contributed by atoms with Crippen LogP contribution in [-0.4, -0.2) is 53.3 Å². The third-order valence-electron chi connectivity index (χ3n) is 6.13. The maximum absolute atomic E-state index is 13.1. The highest BCUT2D eigenvalue weighted by molar-refractivity contribution is 8.01. The zero-order chi connectivity index (χ0) is 22.1. The van der Waals surface area contributed by atoms with Gasteiger partial charge in [-0.15, -0.1) is 11.8 Å². The molecular formula is C23H24FN3O4S. The lowest BCUT2D eigenvalue weighted by atomic mass is 10.0. The third-order valence-corrected chi connectivity index (χ3v) is 7.71. The molecule has 9 heteroatoms. The molecule has 2 saturated heterocycles. The Morgan fingerprint density at radius 3 is 2.66 bits per heavy atom. The second-order valence-corrected chi connectivity index (χ2v) is 9.61. The van der Waals surface area contributed by atoms with E-state index in [1.54, 1.807) is 16.7 Å². The van der Waals surface area contributed by atoms with Crippen molar-refractivity contribution in [1.29, 1.82) is 0 Å². The molecule has 1 unspecified atom stereocenters. The van der Waals surface area contributed by atoms with E-state index in [0.717, 1.165) is 24.2 Å². The number of benzene rings is 2. The van der Waals surface area contributed by atoms with E-state index >= 15 is 0 Å². The molecule has 3 aliphatic rings. The minimum atomic E-state index is -0.353. The van der Waals surface area contributed by atoms with Crippen LogP contribution in [0.25, 0.3) is 0 Å². The van der Waals surface area contributed by atoms with Gasteiger partial charge in [-0.05, 0) is 54.8 Å². The van der Waals surface area contributed by atoms with E-state index in [4.69, 9.17) is 9.47 Å². The summed E-state index contributed by atoms with van der Waals surface area (Å²) >= 11 is 1.76. The average Bonchev–Trinajstić information content (AvgIpc) is 3.45. The summed E-state index contributed by atoms with van der Waals surface area (Å²) in [7, 11) is 0. The molecule has 0 bridgehead atoms. The summed E-state index contributed by atoms with van der Waals surface area (Å²) in [6.07, 6.45) is 1.52. The number of nitrogens with zero attached hydrogens (tertiary/aromatic N) is 1. The molecule has 0 saturated carbocycles. The lowest BCUT2D eigenvalue weighted by Crippen LogP contribution is -2.54. The van der Waals surface area contributed by atoms with Crippen LogP contribution in [0.3, 0.4) is 0 Å². The smallest absolute Gasteiger partial charge is 0.253 e. The zero-order valence-electron chi connectivity index (χ0n) is 17.4. The van der Waals surface area contributed by atoms with E-state index < -0.39 is 0 Å². The number of hydrogen-bond acceptors (Lipinski definition) is 6. The van der Waals surface area contributed by atoms with Gasteiger partial charge in [0.1, 0.15) is 5.82 Å². The van der Waals surface area contributed by atoms with Crippen molar-refractivity contribution in [1.82, 2.24) is 15.5 Å². The van der Waals surface area contributed by atoms with Crippen LogP contribution in [-0.2, 0) is 11.3 Å². The molecule has 2 aromatic rings. The number of hydrogen-bond donors (Lipinski definition) is 2. The molecule has 2 fully saturated rings. The Balaban J connectivity index is 1.12. The predicted octanol–water partition coefficient (Wildman–Crippen LogP) is 2.51. The van der Waals surface area contributed by atoms with Crippen LogP contribution in [0.4, 0.5) is 4.39 Å². The summed E-state index contributed by atoms with van der Waals surface area (Å²) in [6.45, 7) is 1.85. The molecule has 7 nitrogen and oxygen atoms in total. The van der Waals surface area contributed by atoms with Crippen LogP contribution >= 0.6 is 11.8 Å². The van der Waals surface area contributed by atoms with Crippen molar-refractivity contribution in [2.75, 3.05) is 25.6 Å². The number of nitrogens with one attached hydrogen (secondary N) is 2. The highest BCUT2D eigenvalue weighted by Crippen LogP contribution is 2.39. The Morgan fingerprint density at radius 1 is 1.12 bits per heavy atom. The number of thioether (sulfide) groups is 1. The topological polar surface area (TPSA) is 79.9 Å². The highest BCUT2D eigenvalue weighted by Gasteiger charge is 2.44. The Morgan fingerprint density at radius 2 is 1.88 bits per heavy atom. The van der Waals surface area contributed by atoms with Crippen molar-refractivity contribution in [3.8, 4) is 11.5 Å². The Labute approximate surface area is 189 Å². The minimum absolute atomic E-state index is 0.0307. The minimum Gasteiger partial charge on any atom is -0.454 e. The predicted molar refractivity (Wildman–Crippen MR) is 118 cm³/mol. The van der Waals surface area contributed by atoms with Crippen molar-refractivity contribution in [3.63, 3.8) is 0 Å². The molecule has 168 valence electrons. The molecule has 2 N–H and O–H groups in total. The fourth-order valence-corrected chi connectivity index (χ4v) is 5.70. The number of piperidine rings is 1. The Hall–Kier alpha value is -2.78. The van der Waals surface area contributed by atoms with Gasteiger partial charge in [0.25, 0.3) is 5.91 Å². The average molecular weight is 458 g/mol. The fourth-order valence-electron chi connectivity index (χ4n) is 4.28. The summed E-state index contributed by atoms with van der Waals surface area (Å²) in [5, 5.41) is 6.51. The van der Waals surface area contributed by atoms with Crippen LogP contribution in [0, 0.1) is 5.82 Å². The molecule has 2 amide bonds. The van der Waals surface area contributed by atoms with E-state index in [0.29, 0.717) is 36.7 Å². The van der Waals surface area contributed by atoms with Gasteiger partial charge in [0.2, 0.25) is 12.7 Å². The number of fused-ring (bicyclic) bond motifs is 1. The van der Waals surface area contributed by atoms with Crippen LogP contribution in [0.5, 0.6) is 11.5 Å². The maximum atomic E-state index is 13.1. The van der Waals surface area contributed by atoms with Crippen molar-refractivity contribution in [2.24, 2.45) is 0 Å². The largest absolute Gasteiger partial charge is 0.454 e. The molecular weight excluding hydrogens is 433 g/mol. The number of ether oxygens (including phenoxy) is 2. The van der Waals surface area contributed by atoms with Gasteiger partial charge in [-0.2, -0.15) is 0 Å². The summed E-state index contributed by atoms with van der Waals surface area (Å²) in [4.78, 5) is 27.0. The van der Waals surface area contributed by atoms with E-state index in [9.17, 15) is 14.0 Å². The zero-order valence-corrected chi connectivity index (χ0v) is 18.3. The van der Waals surface area contributed by atoms with Crippen LogP contribution in [0.2, 0.25) is 0 Å². The van der Waals surface area contributed by atoms with Gasteiger partial charge < -0.3 is 19.7 Å². The van der Waals surface area contributed by atoms with Gasteiger partial charge in [-0.25, -0.2) is 4.39 Å². The lowest BCUT2D eigenvalue weighted by molar-refractivity contribution is -0.122. The standard InChI is InChI=1S/C23H24FN3O4S/c24-17-4-2-16(3-5-17)22(29)27-9-7-23(8-10-27)26-18(13-32-23)21(28)25-12-15-1-6-19-20(11-15)31-14-30-19/h1-6,11,18,26H,7-10,12-14H2,(H,25,28). The van der Waals surface area contributed by atoms with Crippen molar-refractivity contribution in [2.45, 2.75) is 30.3 Å².